The summed E-state index contributed by atoms with van der Waals surface area (Å²) in [5.74, 6) is -1.06. The van der Waals surface area contributed by atoms with E-state index < -0.39 is 11.8 Å². The Morgan fingerprint density at radius 3 is 2.43 bits per heavy atom. The number of aromatic amines is 1. The summed E-state index contributed by atoms with van der Waals surface area (Å²) >= 11 is 0. The summed E-state index contributed by atoms with van der Waals surface area (Å²) in [5, 5.41) is 14.2. The Balaban J connectivity index is 1.59. The van der Waals surface area contributed by atoms with Crippen LogP contribution in [0.5, 0.6) is 0 Å². The summed E-state index contributed by atoms with van der Waals surface area (Å²) in [5.41, 5.74) is 8.65. The molecule has 30 heavy (non-hydrogen) atoms. The van der Waals surface area contributed by atoms with Crippen molar-refractivity contribution in [1.82, 2.24) is 36.0 Å². The highest BCUT2D eigenvalue weighted by molar-refractivity contribution is 6.01. The normalized spacial score (nSPS) is 10.6. The van der Waals surface area contributed by atoms with Crippen molar-refractivity contribution < 1.29 is 9.59 Å². The van der Waals surface area contributed by atoms with E-state index in [9.17, 15) is 9.59 Å². The van der Waals surface area contributed by atoms with E-state index in [1.54, 1.807) is 10.9 Å². The molecule has 0 aliphatic heterocycles. The molecule has 4 aromatic rings. The lowest BCUT2D eigenvalue weighted by Crippen LogP contribution is -2.41. The van der Waals surface area contributed by atoms with Crippen molar-refractivity contribution in [1.29, 1.82) is 0 Å². The van der Waals surface area contributed by atoms with Crippen molar-refractivity contribution in [3.05, 3.63) is 89.4 Å². The van der Waals surface area contributed by atoms with Crippen LogP contribution in [-0.2, 0) is 6.54 Å². The van der Waals surface area contributed by atoms with Gasteiger partial charge in [-0.3, -0.25) is 25.1 Å². The zero-order valence-electron chi connectivity index (χ0n) is 16.2. The van der Waals surface area contributed by atoms with Crippen LogP contribution in [0.2, 0.25) is 0 Å². The van der Waals surface area contributed by atoms with E-state index in [0.717, 1.165) is 16.7 Å². The first kappa shape index (κ1) is 19.1. The fourth-order valence-electron chi connectivity index (χ4n) is 2.92. The summed E-state index contributed by atoms with van der Waals surface area (Å²) in [6.45, 7) is 2.50. The van der Waals surface area contributed by atoms with Crippen molar-refractivity contribution >= 4 is 11.8 Å². The molecule has 2 aromatic heterocycles. The summed E-state index contributed by atoms with van der Waals surface area (Å²) < 4.78 is 1.71. The predicted octanol–water partition coefficient (Wildman–Crippen LogP) is 2.10. The van der Waals surface area contributed by atoms with Gasteiger partial charge in [-0.05, 0) is 12.5 Å². The van der Waals surface area contributed by atoms with Crippen LogP contribution in [-0.4, -0.2) is 37.0 Å². The maximum atomic E-state index is 12.8. The number of aromatic nitrogens is 5. The second kappa shape index (κ2) is 8.39. The highest BCUT2D eigenvalue weighted by atomic mass is 16.2. The molecule has 4 rings (SSSR count). The zero-order valence-corrected chi connectivity index (χ0v) is 16.2. The first-order chi connectivity index (χ1) is 14.6. The lowest BCUT2D eigenvalue weighted by molar-refractivity contribution is 0.0844. The highest BCUT2D eigenvalue weighted by Gasteiger charge is 2.19. The standard InChI is InChI=1S/C21H19N7O2/c1-14-7-9-16(10-8-14)19-17(13-28(26-19)12-15-5-3-2-4-6-15)20(29)24-25-21(30)18-11-22-27-23-18/h2-11,13H,12H2,1H3,(H,24,29)(H,25,30)(H,22,23,27). The Labute approximate surface area is 172 Å². The molecule has 0 saturated carbocycles. The smallest absolute Gasteiger partial charge is 0.267 e. The SMILES string of the molecule is Cc1ccc(-c2nn(Cc3ccccc3)cc2C(=O)NNC(=O)c2cn[nH]n2)cc1. The molecule has 9 nitrogen and oxygen atoms in total. The van der Waals surface area contributed by atoms with E-state index in [2.05, 4.69) is 31.4 Å². The molecule has 2 aromatic carbocycles. The van der Waals surface area contributed by atoms with Gasteiger partial charge in [0.05, 0.1) is 18.3 Å². The fraction of sp³-hybridized carbons (Fsp3) is 0.0952. The molecular weight excluding hydrogens is 382 g/mol. The molecule has 0 fully saturated rings. The molecule has 3 N–H and O–H groups in total. The van der Waals surface area contributed by atoms with Crippen LogP contribution in [0.25, 0.3) is 11.3 Å². The minimum absolute atomic E-state index is 0.0637. The Kier molecular flexibility index (Phi) is 5.33. The highest BCUT2D eigenvalue weighted by Crippen LogP contribution is 2.23. The first-order valence-corrected chi connectivity index (χ1v) is 9.25. The van der Waals surface area contributed by atoms with Crippen molar-refractivity contribution in [2.24, 2.45) is 0 Å². The van der Waals surface area contributed by atoms with Crippen LogP contribution in [0.4, 0.5) is 0 Å². The molecule has 0 aliphatic rings. The van der Waals surface area contributed by atoms with Crippen LogP contribution >= 0.6 is 0 Å². The lowest BCUT2D eigenvalue weighted by Gasteiger charge is -2.06. The van der Waals surface area contributed by atoms with E-state index in [-0.39, 0.29) is 5.69 Å². The summed E-state index contributed by atoms with van der Waals surface area (Å²) in [6, 6.07) is 17.6. The zero-order chi connectivity index (χ0) is 20.9. The van der Waals surface area contributed by atoms with Gasteiger partial charge in [-0.1, -0.05) is 60.2 Å². The Morgan fingerprint density at radius 2 is 1.73 bits per heavy atom. The quantitative estimate of drug-likeness (QED) is 0.443. The number of hydrazine groups is 1. The molecule has 0 unspecified atom stereocenters. The molecule has 150 valence electrons. The van der Waals surface area contributed by atoms with Gasteiger partial charge in [-0.2, -0.15) is 20.5 Å². The van der Waals surface area contributed by atoms with Crippen LogP contribution in [0, 0.1) is 6.92 Å². The van der Waals surface area contributed by atoms with Gasteiger partial charge in [0.1, 0.15) is 5.69 Å². The van der Waals surface area contributed by atoms with E-state index in [0.29, 0.717) is 17.8 Å². The number of aryl methyl sites for hydroxylation is 1. The average molecular weight is 401 g/mol. The molecule has 0 aliphatic carbocycles. The van der Waals surface area contributed by atoms with Crippen molar-refractivity contribution in [3.63, 3.8) is 0 Å². The Morgan fingerprint density at radius 1 is 1.00 bits per heavy atom. The van der Waals surface area contributed by atoms with Gasteiger partial charge in [0, 0.05) is 11.8 Å². The molecule has 0 saturated heterocycles. The molecule has 2 heterocycles. The molecular formula is C21H19N7O2. The van der Waals surface area contributed by atoms with E-state index in [4.69, 9.17) is 0 Å². The van der Waals surface area contributed by atoms with Crippen molar-refractivity contribution in [3.8, 4) is 11.3 Å². The van der Waals surface area contributed by atoms with Crippen LogP contribution in [0.1, 0.15) is 32.0 Å². The number of hydrogen-bond acceptors (Lipinski definition) is 5. The second-order valence-electron chi connectivity index (χ2n) is 6.70. The van der Waals surface area contributed by atoms with Gasteiger partial charge in [-0.25, -0.2) is 0 Å². The molecule has 0 spiro atoms. The third-order valence-electron chi connectivity index (χ3n) is 4.46. The lowest BCUT2D eigenvalue weighted by atomic mass is 10.1. The maximum Gasteiger partial charge on any atom is 0.291 e. The molecule has 2 amide bonds. The summed E-state index contributed by atoms with van der Waals surface area (Å²) in [6.07, 6.45) is 2.93. The number of amides is 2. The molecule has 9 heteroatoms. The number of H-pyrrole nitrogens is 1. The molecule has 0 bridgehead atoms. The van der Waals surface area contributed by atoms with Crippen LogP contribution in [0.3, 0.4) is 0 Å². The number of nitrogens with zero attached hydrogens (tertiary/aromatic N) is 4. The van der Waals surface area contributed by atoms with Crippen molar-refractivity contribution in [2.75, 3.05) is 0 Å². The predicted molar refractivity (Wildman–Crippen MR) is 109 cm³/mol. The maximum absolute atomic E-state index is 12.8. The third-order valence-corrected chi connectivity index (χ3v) is 4.46. The average Bonchev–Trinajstić information content (AvgIpc) is 3.44. The number of rotatable bonds is 5. The van der Waals surface area contributed by atoms with E-state index in [1.807, 2.05) is 61.5 Å². The largest absolute Gasteiger partial charge is 0.291 e. The number of carbonyl (C=O) groups is 2. The molecule has 0 atom stereocenters. The van der Waals surface area contributed by atoms with Gasteiger partial charge < -0.3 is 0 Å². The van der Waals surface area contributed by atoms with E-state index >= 15 is 0 Å². The van der Waals surface area contributed by atoms with Crippen molar-refractivity contribution in [2.45, 2.75) is 13.5 Å². The van der Waals surface area contributed by atoms with Crippen LogP contribution in [0.15, 0.2) is 67.0 Å². The summed E-state index contributed by atoms with van der Waals surface area (Å²) in [4.78, 5) is 24.8. The van der Waals surface area contributed by atoms with Gasteiger partial charge in [0.25, 0.3) is 11.8 Å². The van der Waals surface area contributed by atoms with E-state index in [1.165, 1.54) is 6.20 Å². The number of hydrogen-bond donors (Lipinski definition) is 3. The monoisotopic (exact) mass is 401 g/mol. The Hall–Kier alpha value is -4.27. The van der Waals surface area contributed by atoms with Crippen LogP contribution < -0.4 is 10.9 Å². The fourth-order valence-corrected chi connectivity index (χ4v) is 2.92. The summed E-state index contributed by atoms with van der Waals surface area (Å²) in [7, 11) is 0. The third kappa shape index (κ3) is 4.25. The number of nitrogens with one attached hydrogen (secondary N) is 3. The van der Waals surface area contributed by atoms with Gasteiger partial charge in [0.2, 0.25) is 0 Å². The first-order valence-electron chi connectivity index (χ1n) is 9.25. The van der Waals surface area contributed by atoms with Gasteiger partial charge in [-0.15, -0.1) is 0 Å². The topological polar surface area (TPSA) is 118 Å². The number of carbonyl (C=O) groups excluding carboxylic acids is 2. The van der Waals surface area contributed by atoms with Gasteiger partial charge >= 0.3 is 0 Å². The second-order valence-corrected chi connectivity index (χ2v) is 6.70. The minimum atomic E-state index is -0.578. The Bertz CT molecular complexity index is 1150. The minimum Gasteiger partial charge on any atom is -0.267 e. The number of benzene rings is 2. The molecule has 0 radical (unpaired) electrons. The van der Waals surface area contributed by atoms with Gasteiger partial charge in [0.15, 0.2) is 5.69 Å².